The molecule has 2 rings (SSSR count). The minimum Gasteiger partial charge on any atom is -0.493 e. The van der Waals surface area contributed by atoms with Gasteiger partial charge in [0.25, 0.3) is 0 Å². The first-order valence-corrected chi connectivity index (χ1v) is 7.79. The van der Waals surface area contributed by atoms with Crippen molar-refractivity contribution < 1.29 is 14.6 Å². The predicted octanol–water partition coefficient (Wildman–Crippen LogP) is 3.25. The van der Waals surface area contributed by atoms with Gasteiger partial charge < -0.3 is 15.2 Å². The zero-order chi connectivity index (χ0) is 16.7. The molecule has 122 valence electrons. The maximum atomic E-state index is 12.0. The quantitative estimate of drug-likeness (QED) is 0.825. The van der Waals surface area contributed by atoms with Gasteiger partial charge in [-0.15, -0.1) is 0 Å². The average Bonchev–Trinajstić information content (AvgIpc) is 2.52. The number of anilines is 1. The molecule has 1 amide bonds. The van der Waals surface area contributed by atoms with Crippen molar-refractivity contribution in [3.05, 3.63) is 59.2 Å². The van der Waals surface area contributed by atoms with Crippen molar-refractivity contribution in [1.82, 2.24) is 0 Å². The predicted molar refractivity (Wildman–Crippen MR) is 91.9 cm³/mol. The summed E-state index contributed by atoms with van der Waals surface area (Å²) in [6.07, 6.45) is 0.921. The Bertz CT molecular complexity index is 630. The lowest BCUT2D eigenvalue weighted by molar-refractivity contribution is -0.116. The Labute approximate surface area is 137 Å². The topological polar surface area (TPSA) is 58.6 Å². The van der Waals surface area contributed by atoms with E-state index in [0.717, 1.165) is 28.1 Å². The van der Waals surface area contributed by atoms with E-state index in [-0.39, 0.29) is 12.5 Å². The van der Waals surface area contributed by atoms with Crippen LogP contribution < -0.4 is 10.1 Å². The van der Waals surface area contributed by atoms with Crippen LogP contribution in [0.4, 0.5) is 5.69 Å². The molecule has 4 heteroatoms. The van der Waals surface area contributed by atoms with Crippen LogP contribution in [0, 0.1) is 13.8 Å². The SMILES string of the molecule is Cc1cccc(C)c1OCCC(=O)Nc1ccc(CCO)cc1. The van der Waals surface area contributed by atoms with E-state index in [1.165, 1.54) is 0 Å². The minimum atomic E-state index is -0.0776. The zero-order valence-corrected chi connectivity index (χ0v) is 13.6. The number of para-hydroxylation sites is 1. The van der Waals surface area contributed by atoms with Crippen LogP contribution in [0.15, 0.2) is 42.5 Å². The molecule has 0 aliphatic carbocycles. The highest BCUT2D eigenvalue weighted by molar-refractivity contribution is 5.90. The van der Waals surface area contributed by atoms with Gasteiger partial charge in [0.2, 0.25) is 5.91 Å². The van der Waals surface area contributed by atoms with E-state index in [9.17, 15) is 4.79 Å². The van der Waals surface area contributed by atoms with Crippen LogP contribution in [0.2, 0.25) is 0 Å². The van der Waals surface area contributed by atoms with E-state index in [4.69, 9.17) is 9.84 Å². The molecule has 0 aromatic heterocycles. The Kier molecular flexibility index (Phi) is 6.18. The molecule has 0 atom stereocenters. The van der Waals surface area contributed by atoms with Gasteiger partial charge in [0.1, 0.15) is 5.75 Å². The van der Waals surface area contributed by atoms with Crippen molar-refractivity contribution in [2.24, 2.45) is 0 Å². The molecule has 2 aromatic rings. The number of carbonyl (C=O) groups excluding carboxylic acids is 1. The summed E-state index contributed by atoms with van der Waals surface area (Å²) in [5, 5.41) is 11.7. The zero-order valence-electron chi connectivity index (χ0n) is 13.6. The van der Waals surface area contributed by atoms with Gasteiger partial charge >= 0.3 is 0 Å². The maximum Gasteiger partial charge on any atom is 0.227 e. The monoisotopic (exact) mass is 313 g/mol. The minimum absolute atomic E-state index is 0.0776. The van der Waals surface area contributed by atoms with Crippen LogP contribution >= 0.6 is 0 Å². The van der Waals surface area contributed by atoms with Crippen molar-refractivity contribution >= 4 is 11.6 Å². The second-order valence-electron chi connectivity index (χ2n) is 5.54. The summed E-state index contributed by atoms with van der Waals surface area (Å²) in [7, 11) is 0. The van der Waals surface area contributed by atoms with E-state index < -0.39 is 0 Å². The summed E-state index contributed by atoms with van der Waals surface area (Å²) in [5.74, 6) is 0.778. The van der Waals surface area contributed by atoms with Crippen LogP contribution in [0.5, 0.6) is 5.75 Å². The Morgan fingerprint density at radius 3 is 2.35 bits per heavy atom. The largest absolute Gasteiger partial charge is 0.493 e. The molecule has 2 N–H and O–H groups in total. The maximum absolute atomic E-state index is 12.0. The Balaban J connectivity index is 1.81. The summed E-state index contributed by atoms with van der Waals surface area (Å²) >= 11 is 0. The second kappa shape index (κ2) is 8.34. The number of hydrogen-bond acceptors (Lipinski definition) is 3. The van der Waals surface area contributed by atoms with E-state index in [1.54, 1.807) is 0 Å². The van der Waals surface area contributed by atoms with Gasteiger partial charge in [-0.3, -0.25) is 4.79 Å². The van der Waals surface area contributed by atoms with Crippen molar-refractivity contribution in [2.45, 2.75) is 26.7 Å². The third-order valence-corrected chi connectivity index (χ3v) is 3.62. The summed E-state index contributed by atoms with van der Waals surface area (Å²) in [5.41, 5.74) is 3.95. The van der Waals surface area contributed by atoms with Gasteiger partial charge in [0.15, 0.2) is 0 Å². The summed E-state index contributed by atoms with van der Waals surface area (Å²) < 4.78 is 5.74. The fraction of sp³-hybridized carbons (Fsp3) is 0.316. The molecule has 2 aromatic carbocycles. The first-order chi connectivity index (χ1) is 11.1. The molecule has 0 saturated heterocycles. The molecule has 0 aliphatic heterocycles. The lowest BCUT2D eigenvalue weighted by Gasteiger charge is -2.12. The number of benzene rings is 2. The van der Waals surface area contributed by atoms with Crippen LogP contribution in [0.1, 0.15) is 23.1 Å². The lowest BCUT2D eigenvalue weighted by atomic mass is 10.1. The number of aryl methyl sites for hydroxylation is 2. The molecule has 4 nitrogen and oxygen atoms in total. The van der Waals surface area contributed by atoms with Crippen molar-refractivity contribution in [3.8, 4) is 5.75 Å². The molecule has 0 heterocycles. The summed E-state index contributed by atoms with van der Waals surface area (Å²) in [4.78, 5) is 12.0. The Hall–Kier alpha value is -2.33. The number of amides is 1. The van der Waals surface area contributed by atoms with Gasteiger partial charge in [-0.25, -0.2) is 0 Å². The Morgan fingerprint density at radius 2 is 1.74 bits per heavy atom. The molecule has 0 saturated carbocycles. The van der Waals surface area contributed by atoms with Gasteiger partial charge in [0, 0.05) is 12.3 Å². The number of hydrogen-bond donors (Lipinski definition) is 2. The smallest absolute Gasteiger partial charge is 0.227 e. The molecule has 0 bridgehead atoms. The fourth-order valence-electron chi connectivity index (χ4n) is 2.38. The summed E-state index contributed by atoms with van der Waals surface area (Å²) in [6, 6.07) is 13.5. The van der Waals surface area contributed by atoms with E-state index >= 15 is 0 Å². The highest BCUT2D eigenvalue weighted by atomic mass is 16.5. The van der Waals surface area contributed by atoms with Gasteiger partial charge in [-0.2, -0.15) is 0 Å². The molecular formula is C19H23NO3. The second-order valence-corrected chi connectivity index (χ2v) is 5.54. The molecular weight excluding hydrogens is 290 g/mol. The van der Waals surface area contributed by atoms with E-state index in [0.29, 0.717) is 19.4 Å². The molecule has 0 unspecified atom stereocenters. The van der Waals surface area contributed by atoms with Crippen LogP contribution in [0.25, 0.3) is 0 Å². The Morgan fingerprint density at radius 1 is 1.09 bits per heavy atom. The number of ether oxygens (including phenoxy) is 1. The molecule has 0 spiro atoms. The van der Waals surface area contributed by atoms with Crippen molar-refractivity contribution in [2.75, 3.05) is 18.5 Å². The lowest BCUT2D eigenvalue weighted by Crippen LogP contribution is -2.15. The van der Waals surface area contributed by atoms with Gasteiger partial charge in [0.05, 0.1) is 13.0 Å². The standard InChI is InChI=1S/C19H23NO3/c1-14-4-3-5-15(2)19(14)23-13-11-18(22)20-17-8-6-16(7-9-17)10-12-21/h3-9,21H,10-13H2,1-2H3,(H,20,22). The van der Waals surface area contributed by atoms with Gasteiger partial charge in [-0.1, -0.05) is 30.3 Å². The number of aliphatic hydroxyl groups is 1. The molecule has 0 radical (unpaired) electrons. The normalized spacial score (nSPS) is 10.4. The number of nitrogens with one attached hydrogen (secondary N) is 1. The van der Waals surface area contributed by atoms with E-state index in [2.05, 4.69) is 5.32 Å². The average molecular weight is 313 g/mol. The highest BCUT2D eigenvalue weighted by Gasteiger charge is 2.06. The highest BCUT2D eigenvalue weighted by Crippen LogP contribution is 2.22. The number of carbonyl (C=O) groups is 1. The number of rotatable bonds is 7. The van der Waals surface area contributed by atoms with Crippen LogP contribution in [-0.2, 0) is 11.2 Å². The molecule has 0 aliphatic rings. The van der Waals surface area contributed by atoms with Crippen LogP contribution in [0.3, 0.4) is 0 Å². The third-order valence-electron chi connectivity index (χ3n) is 3.62. The first kappa shape index (κ1) is 17.0. The third kappa shape index (κ3) is 5.11. The molecule has 0 fully saturated rings. The van der Waals surface area contributed by atoms with Crippen molar-refractivity contribution in [3.63, 3.8) is 0 Å². The fourth-order valence-corrected chi connectivity index (χ4v) is 2.38. The number of aliphatic hydroxyl groups excluding tert-OH is 1. The first-order valence-electron chi connectivity index (χ1n) is 7.79. The summed E-state index contributed by atoms with van der Waals surface area (Å²) in [6.45, 7) is 4.47. The van der Waals surface area contributed by atoms with E-state index in [1.807, 2.05) is 56.3 Å². The molecule has 23 heavy (non-hydrogen) atoms. The van der Waals surface area contributed by atoms with Gasteiger partial charge in [-0.05, 0) is 49.1 Å². The van der Waals surface area contributed by atoms with Crippen molar-refractivity contribution in [1.29, 1.82) is 0 Å². The van der Waals surface area contributed by atoms with Crippen LogP contribution in [-0.4, -0.2) is 24.2 Å².